The van der Waals surface area contributed by atoms with E-state index in [1.807, 2.05) is 6.92 Å². The molecule has 1 aliphatic heterocycles. The first-order valence-corrected chi connectivity index (χ1v) is 9.78. The molecule has 0 bridgehead atoms. The molecule has 0 amide bonds. The van der Waals surface area contributed by atoms with Gasteiger partial charge in [0.2, 0.25) is 0 Å². The summed E-state index contributed by atoms with van der Waals surface area (Å²) in [6, 6.07) is 11.6. The molecule has 2 aromatic rings. The predicted molar refractivity (Wildman–Crippen MR) is 109 cm³/mol. The molecule has 2 aromatic carbocycles. The first kappa shape index (κ1) is 22.0. The van der Waals surface area contributed by atoms with Crippen molar-refractivity contribution in [3.63, 3.8) is 0 Å². The Morgan fingerprint density at radius 1 is 1.17 bits per heavy atom. The van der Waals surface area contributed by atoms with Crippen molar-refractivity contribution < 1.29 is 33.3 Å². The van der Waals surface area contributed by atoms with Gasteiger partial charge in [-0.2, -0.15) is 0 Å². The molecule has 2 unspecified atom stereocenters. The van der Waals surface area contributed by atoms with E-state index >= 15 is 0 Å². The van der Waals surface area contributed by atoms with Crippen LogP contribution in [0, 0.1) is 0 Å². The Hall–Kier alpha value is -2.74. The molecule has 1 fully saturated rings. The second kappa shape index (κ2) is 9.84. The van der Waals surface area contributed by atoms with Gasteiger partial charge in [-0.1, -0.05) is 12.1 Å². The molecule has 7 heteroatoms. The summed E-state index contributed by atoms with van der Waals surface area (Å²) in [5.41, 5.74) is 1.39. The molecule has 1 aliphatic rings. The third-order valence-corrected chi connectivity index (χ3v) is 4.91. The first-order valence-electron chi connectivity index (χ1n) is 9.78. The zero-order valence-corrected chi connectivity index (χ0v) is 17.4. The number of aldehydes is 1. The Balaban J connectivity index is 1.91. The zero-order valence-electron chi connectivity index (χ0n) is 17.4. The summed E-state index contributed by atoms with van der Waals surface area (Å²) in [6.45, 7) is 2.51. The Bertz CT molecular complexity index is 887. The van der Waals surface area contributed by atoms with Gasteiger partial charge in [-0.3, -0.25) is 4.79 Å². The highest BCUT2D eigenvalue weighted by Crippen LogP contribution is 2.37. The van der Waals surface area contributed by atoms with E-state index < -0.39 is 18.0 Å². The van der Waals surface area contributed by atoms with E-state index in [9.17, 15) is 9.59 Å². The minimum atomic E-state index is -0.773. The average Bonchev–Trinajstić information content (AvgIpc) is 2.77. The van der Waals surface area contributed by atoms with Crippen LogP contribution in [0.5, 0.6) is 11.5 Å². The summed E-state index contributed by atoms with van der Waals surface area (Å²) in [7, 11) is 2.85. The van der Waals surface area contributed by atoms with Gasteiger partial charge in [-0.05, 0) is 50.1 Å². The molecule has 160 valence electrons. The summed E-state index contributed by atoms with van der Waals surface area (Å²) in [6.07, 6.45) is 2.70. The molecule has 0 spiro atoms. The zero-order chi connectivity index (χ0) is 21.6. The summed E-state index contributed by atoms with van der Waals surface area (Å²) in [4.78, 5) is 23.1. The SMILES string of the molecule is COC(=O)c1cccc(Oc2cc(C=O)ccc2C(OC)OC2(C)CCCCO2)c1. The summed E-state index contributed by atoms with van der Waals surface area (Å²) < 4.78 is 28.4. The van der Waals surface area contributed by atoms with Crippen molar-refractivity contribution in [2.24, 2.45) is 0 Å². The average molecular weight is 414 g/mol. The number of benzene rings is 2. The molecule has 2 atom stereocenters. The quantitative estimate of drug-likeness (QED) is 0.353. The van der Waals surface area contributed by atoms with Crippen molar-refractivity contribution in [3.05, 3.63) is 59.2 Å². The smallest absolute Gasteiger partial charge is 0.337 e. The van der Waals surface area contributed by atoms with Gasteiger partial charge in [0.15, 0.2) is 12.1 Å². The van der Waals surface area contributed by atoms with Gasteiger partial charge in [0.05, 0.1) is 24.8 Å². The number of rotatable bonds is 8. The van der Waals surface area contributed by atoms with Crippen LogP contribution in [-0.4, -0.2) is 38.9 Å². The Morgan fingerprint density at radius 3 is 2.67 bits per heavy atom. The van der Waals surface area contributed by atoms with Crippen molar-refractivity contribution in [2.75, 3.05) is 20.8 Å². The highest BCUT2D eigenvalue weighted by molar-refractivity contribution is 5.89. The number of methoxy groups -OCH3 is 2. The monoisotopic (exact) mass is 414 g/mol. The van der Waals surface area contributed by atoms with Crippen LogP contribution >= 0.6 is 0 Å². The lowest BCUT2D eigenvalue weighted by molar-refractivity contribution is -0.312. The van der Waals surface area contributed by atoms with Crippen LogP contribution in [0.3, 0.4) is 0 Å². The van der Waals surface area contributed by atoms with E-state index in [1.165, 1.54) is 14.2 Å². The van der Waals surface area contributed by atoms with Crippen molar-refractivity contribution in [3.8, 4) is 11.5 Å². The van der Waals surface area contributed by atoms with Crippen LogP contribution in [0.2, 0.25) is 0 Å². The fraction of sp³-hybridized carbons (Fsp3) is 0.391. The minimum absolute atomic E-state index is 0.353. The van der Waals surface area contributed by atoms with Gasteiger partial charge in [0.1, 0.15) is 17.8 Å². The van der Waals surface area contributed by atoms with Gasteiger partial charge in [0, 0.05) is 19.1 Å². The summed E-state index contributed by atoms with van der Waals surface area (Å²) >= 11 is 0. The molecular weight excluding hydrogens is 388 g/mol. The number of esters is 1. The number of carbonyl (C=O) groups is 2. The van der Waals surface area contributed by atoms with Gasteiger partial charge < -0.3 is 23.7 Å². The summed E-state index contributed by atoms with van der Waals surface area (Å²) in [5.74, 6) is -0.447. The van der Waals surface area contributed by atoms with E-state index in [2.05, 4.69) is 0 Å². The normalized spacial score (nSPS) is 19.7. The maximum atomic E-state index is 11.8. The Morgan fingerprint density at radius 2 is 2.00 bits per heavy atom. The topological polar surface area (TPSA) is 80.3 Å². The molecule has 1 heterocycles. The van der Waals surface area contributed by atoms with Gasteiger partial charge in [-0.15, -0.1) is 0 Å². The number of carbonyl (C=O) groups excluding carboxylic acids is 2. The molecule has 0 radical (unpaired) electrons. The van der Waals surface area contributed by atoms with E-state index in [-0.39, 0.29) is 0 Å². The highest BCUT2D eigenvalue weighted by atomic mass is 16.8. The van der Waals surface area contributed by atoms with Crippen LogP contribution in [0.25, 0.3) is 0 Å². The molecule has 30 heavy (non-hydrogen) atoms. The fourth-order valence-corrected chi connectivity index (χ4v) is 3.31. The molecule has 1 saturated heterocycles. The number of hydrogen-bond acceptors (Lipinski definition) is 7. The number of hydrogen-bond donors (Lipinski definition) is 0. The third kappa shape index (κ3) is 5.24. The van der Waals surface area contributed by atoms with Crippen molar-refractivity contribution in [2.45, 2.75) is 38.3 Å². The van der Waals surface area contributed by atoms with E-state index in [0.29, 0.717) is 34.8 Å². The highest BCUT2D eigenvalue weighted by Gasteiger charge is 2.33. The van der Waals surface area contributed by atoms with Crippen LogP contribution in [-0.2, 0) is 18.9 Å². The van der Waals surface area contributed by atoms with Crippen LogP contribution in [0.1, 0.15) is 58.8 Å². The maximum absolute atomic E-state index is 11.8. The van der Waals surface area contributed by atoms with E-state index in [0.717, 1.165) is 25.5 Å². The maximum Gasteiger partial charge on any atom is 0.337 e. The number of ether oxygens (including phenoxy) is 5. The van der Waals surface area contributed by atoms with Crippen LogP contribution in [0.15, 0.2) is 42.5 Å². The molecule has 0 saturated carbocycles. The van der Waals surface area contributed by atoms with Crippen molar-refractivity contribution >= 4 is 12.3 Å². The molecular formula is C23H26O7. The van der Waals surface area contributed by atoms with E-state index in [1.54, 1.807) is 42.5 Å². The third-order valence-electron chi connectivity index (χ3n) is 4.91. The largest absolute Gasteiger partial charge is 0.465 e. The Labute approximate surface area is 175 Å². The Kier molecular flexibility index (Phi) is 7.20. The van der Waals surface area contributed by atoms with Crippen LogP contribution in [0.4, 0.5) is 0 Å². The lowest BCUT2D eigenvalue weighted by Gasteiger charge is -2.36. The summed E-state index contributed by atoms with van der Waals surface area (Å²) in [5, 5.41) is 0. The second-order valence-electron chi connectivity index (χ2n) is 7.16. The second-order valence-corrected chi connectivity index (χ2v) is 7.16. The van der Waals surface area contributed by atoms with Gasteiger partial charge in [0.25, 0.3) is 0 Å². The standard InChI is InChI=1S/C23H26O7/c1-23(11-4-5-12-28-23)30-22(27-3)19-10-9-16(15-24)13-20(19)29-18-8-6-7-17(14-18)21(25)26-2/h6-10,13-15,22H,4-5,11-12H2,1-3H3. The lowest BCUT2D eigenvalue weighted by Crippen LogP contribution is -2.37. The predicted octanol–water partition coefficient (Wildman–Crippen LogP) is 4.66. The molecule has 0 aromatic heterocycles. The molecule has 7 nitrogen and oxygen atoms in total. The van der Waals surface area contributed by atoms with Crippen molar-refractivity contribution in [1.82, 2.24) is 0 Å². The fourth-order valence-electron chi connectivity index (χ4n) is 3.31. The first-order chi connectivity index (χ1) is 14.5. The molecule has 3 rings (SSSR count). The lowest BCUT2D eigenvalue weighted by atomic mass is 10.1. The van der Waals surface area contributed by atoms with Gasteiger partial charge >= 0.3 is 5.97 Å². The van der Waals surface area contributed by atoms with Crippen LogP contribution < -0.4 is 4.74 Å². The molecule has 0 N–H and O–H groups in total. The molecule has 0 aliphatic carbocycles. The van der Waals surface area contributed by atoms with Gasteiger partial charge in [-0.25, -0.2) is 4.79 Å². The minimum Gasteiger partial charge on any atom is -0.465 e. The van der Waals surface area contributed by atoms with E-state index in [4.69, 9.17) is 23.7 Å². The van der Waals surface area contributed by atoms with Crippen molar-refractivity contribution in [1.29, 1.82) is 0 Å².